The van der Waals surface area contributed by atoms with Gasteiger partial charge in [-0.15, -0.1) is 24.0 Å². The number of rotatable bonds is 4. The molecule has 0 aliphatic carbocycles. The number of piperidine rings is 1. The van der Waals surface area contributed by atoms with E-state index in [4.69, 9.17) is 9.73 Å². The van der Waals surface area contributed by atoms with E-state index >= 15 is 0 Å². The van der Waals surface area contributed by atoms with Crippen LogP contribution in [0.15, 0.2) is 4.99 Å². The molecule has 2 aliphatic rings. The molecule has 0 aromatic rings. The minimum Gasteiger partial charge on any atom is -0.469 e. The number of methoxy groups -OCH3 is 1. The number of nitrogens with zero attached hydrogens (tertiary/aromatic N) is 4. The van der Waals surface area contributed by atoms with Crippen LogP contribution in [0.3, 0.4) is 0 Å². The fraction of sp³-hybridized carbons (Fsp3) is 0.882. The molecule has 2 fully saturated rings. The van der Waals surface area contributed by atoms with Crippen molar-refractivity contribution in [2.24, 2.45) is 10.9 Å². The van der Waals surface area contributed by atoms with E-state index in [9.17, 15) is 4.79 Å². The lowest BCUT2D eigenvalue weighted by Gasteiger charge is -2.37. The van der Waals surface area contributed by atoms with Crippen molar-refractivity contribution in [2.45, 2.75) is 25.8 Å². The molecule has 0 aromatic carbocycles. The lowest BCUT2D eigenvalue weighted by Crippen LogP contribution is -2.52. The van der Waals surface area contributed by atoms with Crippen LogP contribution >= 0.6 is 24.0 Å². The number of nitrogens with one attached hydrogen (secondary N) is 1. The molecule has 0 spiro atoms. The van der Waals surface area contributed by atoms with Crippen molar-refractivity contribution in [3.8, 4) is 0 Å². The maximum atomic E-state index is 11.7. The predicted molar refractivity (Wildman–Crippen MR) is 112 cm³/mol. The first kappa shape index (κ1) is 22.4. The van der Waals surface area contributed by atoms with Crippen LogP contribution in [-0.2, 0) is 9.53 Å². The number of likely N-dealkylation sites (tertiary alicyclic amines) is 1. The summed E-state index contributed by atoms with van der Waals surface area (Å²) >= 11 is 0. The van der Waals surface area contributed by atoms with Crippen molar-refractivity contribution >= 4 is 35.9 Å². The number of piperazine rings is 1. The number of esters is 1. The predicted octanol–water partition coefficient (Wildman–Crippen LogP) is 0.701. The Morgan fingerprint density at radius 2 is 1.88 bits per heavy atom. The Labute approximate surface area is 169 Å². The van der Waals surface area contributed by atoms with Crippen LogP contribution in [0.25, 0.3) is 0 Å². The molecule has 2 heterocycles. The van der Waals surface area contributed by atoms with Crippen LogP contribution < -0.4 is 5.32 Å². The van der Waals surface area contributed by atoms with E-state index in [1.165, 1.54) is 7.11 Å². The van der Waals surface area contributed by atoms with E-state index in [0.29, 0.717) is 6.04 Å². The van der Waals surface area contributed by atoms with Gasteiger partial charge in [-0.3, -0.25) is 14.7 Å². The minimum atomic E-state index is -0.0801. The standard InChI is InChI=1S/C17H33N5O2.HI/c1-5-18-17(19-12-15-13-20(2)10-11-21(15)3)22-8-6-14(7-9-22)16(23)24-4;/h14-15H,5-13H2,1-4H3,(H,18,19);1H. The fourth-order valence-electron chi connectivity index (χ4n) is 3.41. The Morgan fingerprint density at radius 1 is 1.20 bits per heavy atom. The van der Waals surface area contributed by atoms with Gasteiger partial charge in [-0.25, -0.2) is 0 Å². The highest BCUT2D eigenvalue weighted by Crippen LogP contribution is 2.18. The number of aliphatic imine (C=N–C) groups is 1. The number of guanidine groups is 1. The van der Waals surface area contributed by atoms with Gasteiger partial charge in [0.2, 0.25) is 0 Å². The van der Waals surface area contributed by atoms with Gasteiger partial charge >= 0.3 is 5.97 Å². The van der Waals surface area contributed by atoms with Gasteiger partial charge in [0.05, 0.1) is 19.6 Å². The van der Waals surface area contributed by atoms with E-state index in [1.807, 2.05) is 0 Å². The Kier molecular flexibility index (Phi) is 10.0. The average molecular weight is 467 g/mol. The second-order valence-corrected chi connectivity index (χ2v) is 6.88. The number of hydrogen-bond donors (Lipinski definition) is 1. The first-order valence-corrected chi connectivity index (χ1v) is 9.05. The summed E-state index contributed by atoms with van der Waals surface area (Å²) in [6.07, 6.45) is 1.67. The summed E-state index contributed by atoms with van der Waals surface area (Å²) < 4.78 is 4.87. The number of ether oxygens (including phenoxy) is 1. The summed E-state index contributed by atoms with van der Waals surface area (Å²) in [6, 6.07) is 0.463. The third kappa shape index (κ3) is 6.56. The van der Waals surface area contributed by atoms with Crippen molar-refractivity contribution in [2.75, 3.05) is 67.0 Å². The Bertz CT molecular complexity index is 441. The smallest absolute Gasteiger partial charge is 0.308 e. The molecule has 0 aromatic heterocycles. The van der Waals surface area contributed by atoms with Crippen LogP contribution in [0, 0.1) is 5.92 Å². The number of likely N-dealkylation sites (N-methyl/N-ethyl adjacent to an activating group) is 2. The van der Waals surface area contributed by atoms with E-state index in [1.54, 1.807) is 0 Å². The number of carbonyl (C=O) groups is 1. The number of carbonyl (C=O) groups excluding carboxylic acids is 1. The van der Waals surface area contributed by atoms with Crippen LogP contribution in [0.2, 0.25) is 0 Å². The zero-order chi connectivity index (χ0) is 17.5. The van der Waals surface area contributed by atoms with Gasteiger partial charge in [-0.2, -0.15) is 0 Å². The molecule has 25 heavy (non-hydrogen) atoms. The third-order valence-corrected chi connectivity index (χ3v) is 5.10. The van der Waals surface area contributed by atoms with Gasteiger partial charge in [0.25, 0.3) is 0 Å². The Hall–Kier alpha value is -0.610. The normalized spacial score (nSPS) is 23.9. The van der Waals surface area contributed by atoms with Gasteiger partial charge in [0, 0.05) is 45.3 Å². The zero-order valence-electron chi connectivity index (χ0n) is 16.0. The summed E-state index contributed by atoms with van der Waals surface area (Å²) in [7, 11) is 5.83. The van der Waals surface area contributed by atoms with E-state index in [2.05, 4.69) is 41.0 Å². The van der Waals surface area contributed by atoms with Gasteiger partial charge in [0.15, 0.2) is 5.96 Å². The third-order valence-electron chi connectivity index (χ3n) is 5.10. The molecule has 7 nitrogen and oxygen atoms in total. The first-order valence-electron chi connectivity index (χ1n) is 9.05. The zero-order valence-corrected chi connectivity index (χ0v) is 18.4. The molecule has 0 radical (unpaired) electrons. The second kappa shape index (κ2) is 11.2. The minimum absolute atomic E-state index is 0. The molecule has 1 atom stereocenters. The molecule has 0 saturated carbocycles. The number of halogens is 1. The molecule has 8 heteroatoms. The summed E-state index contributed by atoms with van der Waals surface area (Å²) in [5.41, 5.74) is 0. The van der Waals surface area contributed by atoms with E-state index in [-0.39, 0.29) is 35.9 Å². The van der Waals surface area contributed by atoms with Crippen molar-refractivity contribution in [1.29, 1.82) is 0 Å². The second-order valence-electron chi connectivity index (χ2n) is 6.88. The van der Waals surface area contributed by atoms with Gasteiger partial charge in [0.1, 0.15) is 0 Å². The molecule has 146 valence electrons. The SMILES string of the molecule is CCNC(=NCC1CN(C)CCN1C)N1CCC(C(=O)OC)CC1.I. The quantitative estimate of drug-likeness (QED) is 0.285. The molecule has 2 rings (SSSR count). The molecule has 1 unspecified atom stereocenters. The summed E-state index contributed by atoms with van der Waals surface area (Å²) in [5.74, 6) is 0.929. The fourth-order valence-corrected chi connectivity index (χ4v) is 3.41. The van der Waals surface area contributed by atoms with Gasteiger partial charge < -0.3 is 19.9 Å². The Balaban J connectivity index is 0.00000312. The maximum absolute atomic E-state index is 11.7. The van der Waals surface area contributed by atoms with Crippen LogP contribution in [-0.4, -0.2) is 99.7 Å². The average Bonchev–Trinajstić information content (AvgIpc) is 2.60. The molecule has 2 saturated heterocycles. The van der Waals surface area contributed by atoms with E-state index in [0.717, 1.165) is 64.6 Å². The van der Waals surface area contributed by atoms with E-state index < -0.39 is 0 Å². The largest absolute Gasteiger partial charge is 0.469 e. The number of hydrogen-bond acceptors (Lipinski definition) is 5. The molecule has 0 amide bonds. The van der Waals surface area contributed by atoms with Crippen molar-refractivity contribution < 1.29 is 9.53 Å². The van der Waals surface area contributed by atoms with Crippen LogP contribution in [0.5, 0.6) is 0 Å². The Morgan fingerprint density at radius 3 is 2.48 bits per heavy atom. The van der Waals surface area contributed by atoms with Gasteiger partial charge in [-0.05, 0) is 33.9 Å². The summed E-state index contributed by atoms with van der Waals surface area (Å²) in [6.45, 7) is 8.74. The van der Waals surface area contributed by atoms with Crippen LogP contribution in [0.4, 0.5) is 0 Å². The molecule has 0 bridgehead atoms. The lowest BCUT2D eigenvalue weighted by molar-refractivity contribution is -0.146. The van der Waals surface area contributed by atoms with Crippen molar-refractivity contribution in [3.63, 3.8) is 0 Å². The summed E-state index contributed by atoms with van der Waals surface area (Å²) in [5, 5.41) is 3.40. The topological polar surface area (TPSA) is 60.4 Å². The molecular weight excluding hydrogens is 433 g/mol. The first-order chi connectivity index (χ1) is 11.5. The molecule has 2 aliphatic heterocycles. The maximum Gasteiger partial charge on any atom is 0.308 e. The summed E-state index contributed by atoms with van der Waals surface area (Å²) in [4.78, 5) is 23.6. The highest BCUT2D eigenvalue weighted by molar-refractivity contribution is 14.0. The molecular formula is C17H34IN5O2. The highest BCUT2D eigenvalue weighted by atomic mass is 127. The molecule has 1 N–H and O–H groups in total. The van der Waals surface area contributed by atoms with Crippen molar-refractivity contribution in [1.82, 2.24) is 20.0 Å². The van der Waals surface area contributed by atoms with Crippen molar-refractivity contribution in [3.05, 3.63) is 0 Å². The monoisotopic (exact) mass is 467 g/mol. The van der Waals surface area contributed by atoms with Gasteiger partial charge in [-0.1, -0.05) is 0 Å². The lowest BCUT2D eigenvalue weighted by atomic mass is 9.97. The highest BCUT2D eigenvalue weighted by Gasteiger charge is 2.27. The van der Waals surface area contributed by atoms with Crippen LogP contribution in [0.1, 0.15) is 19.8 Å².